The van der Waals surface area contributed by atoms with E-state index in [1.165, 1.54) is 8.09 Å². The van der Waals surface area contributed by atoms with Crippen LogP contribution in [0.2, 0.25) is 0 Å². The molecule has 0 spiro atoms. The Morgan fingerprint density at radius 3 is 2.28 bits per heavy atom. The normalized spacial score (nSPS) is 14.5. The lowest BCUT2D eigenvalue weighted by Crippen LogP contribution is -2.47. The molecule has 0 bridgehead atoms. The van der Waals surface area contributed by atoms with Gasteiger partial charge in [0.15, 0.2) is 0 Å². The van der Waals surface area contributed by atoms with Gasteiger partial charge in [-0.1, -0.05) is 42.5 Å². The predicted octanol–water partition coefficient (Wildman–Crippen LogP) is 5.73. The van der Waals surface area contributed by atoms with E-state index < -0.39 is 10.0 Å². The molecule has 1 saturated heterocycles. The average molecular weight is 621 g/mol. The molecule has 0 aromatic heterocycles. The number of piperazine rings is 1. The summed E-state index contributed by atoms with van der Waals surface area (Å²) in [6, 6.07) is 12.3. The standard InChI is InChI=1S/C27H33IN4O3S/c1-6-20(2)10-15-26(33)31-18-16-30(17-19-31)22(4)23-11-13-24(14-12-23)32(28)36(34,35)25-9-7-8-21(3)27(25)29-5/h6-9,11-14H,4-5,10,15-19H2,1-3H3/b20-6+. The highest BCUT2D eigenvalue weighted by molar-refractivity contribution is 14.1. The first-order valence-corrected chi connectivity index (χ1v) is 14.2. The van der Waals surface area contributed by atoms with Crippen molar-refractivity contribution in [1.82, 2.24) is 9.80 Å². The maximum Gasteiger partial charge on any atom is 0.274 e. The number of nitrogens with zero attached hydrogens (tertiary/aromatic N) is 4. The first-order valence-electron chi connectivity index (χ1n) is 11.8. The summed E-state index contributed by atoms with van der Waals surface area (Å²) in [6.45, 7) is 16.4. The van der Waals surface area contributed by atoms with Crippen molar-refractivity contribution in [3.05, 3.63) is 71.8 Å². The summed E-state index contributed by atoms with van der Waals surface area (Å²) in [4.78, 5) is 20.7. The van der Waals surface area contributed by atoms with E-state index in [1.54, 1.807) is 60.1 Å². The van der Waals surface area contributed by atoms with E-state index in [9.17, 15) is 13.2 Å². The van der Waals surface area contributed by atoms with Crippen molar-refractivity contribution in [3.63, 3.8) is 0 Å². The molecule has 192 valence electrons. The van der Waals surface area contributed by atoms with Crippen LogP contribution in [0.4, 0.5) is 11.4 Å². The largest absolute Gasteiger partial charge is 0.368 e. The second-order valence-electron chi connectivity index (χ2n) is 8.80. The number of hydrogen-bond donors (Lipinski definition) is 0. The van der Waals surface area contributed by atoms with Crippen LogP contribution in [0.3, 0.4) is 0 Å². The molecule has 0 atom stereocenters. The second kappa shape index (κ2) is 12.1. The van der Waals surface area contributed by atoms with Crippen molar-refractivity contribution >= 4 is 62.6 Å². The van der Waals surface area contributed by atoms with E-state index in [4.69, 9.17) is 0 Å². The third-order valence-corrected chi connectivity index (χ3v) is 10.1. The molecule has 0 unspecified atom stereocenters. The number of anilines is 1. The van der Waals surface area contributed by atoms with E-state index in [1.807, 2.05) is 37.0 Å². The van der Waals surface area contributed by atoms with Gasteiger partial charge in [-0.2, -0.15) is 0 Å². The van der Waals surface area contributed by atoms with Gasteiger partial charge in [0.05, 0.1) is 34.2 Å². The molecule has 2 aromatic carbocycles. The fraction of sp³-hybridized carbons (Fsp3) is 0.333. The molecule has 1 heterocycles. The van der Waals surface area contributed by atoms with Crippen LogP contribution in [-0.2, 0) is 14.8 Å². The van der Waals surface area contributed by atoms with Gasteiger partial charge in [0.1, 0.15) is 4.90 Å². The van der Waals surface area contributed by atoms with Crippen LogP contribution in [-0.4, -0.2) is 57.0 Å². The van der Waals surface area contributed by atoms with Crippen molar-refractivity contribution in [3.8, 4) is 0 Å². The van der Waals surface area contributed by atoms with Crippen molar-refractivity contribution in [2.24, 2.45) is 4.99 Å². The number of aliphatic imine (C=N–C) groups is 1. The predicted molar refractivity (Wildman–Crippen MR) is 156 cm³/mol. The van der Waals surface area contributed by atoms with Gasteiger partial charge in [-0.25, -0.2) is 10.9 Å². The number of benzene rings is 2. The van der Waals surface area contributed by atoms with Gasteiger partial charge in [-0.15, -0.1) is 0 Å². The SMILES string of the molecule is C=Nc1c(C)cccc1S(=O)(=O)N(I)c1ccc(C(=C)N2CCN(C(=O)CC/C(C)=C/C)CC2)cc1. The quantitative estimate of drug-likeness (QED) is 0.155. The zero-order valence-corrected chi connectivity index (χ0v) is 24.0. The number of halogens is 1. The fourth-order valence-corrected chi connectivity index (χ4v) is 6.30. The van der Waals surface area contributed by atoms with Crippen molar-refractivity contribution in [1.29, 1.82) is 0 Å². The number of aryl methyl sites for hydroxylation is 1. The Morgan fingerprint density at radius 2 is 1.69 bits per heavy atom. The number of allylic oxidation sites excluding steroid dienone is 2. The summed E-state index contributed by atoms with van der Waals surface area (Å²) < 4.78 is 27.8. The number of para-hydroxylation sites is 1. The van der Waals surface area contributed by atoms with Gasteiger partial charge in [0.25, 0.3) is 10.0 Å². The Kier molecular flexibility index (Phi) is 9.35. The number of carbonyl (C=O) groups excluding carboxylic acids is 1. The molecule has 3 rings (SSSR count). The van der Waals surface area contributed by atoms with Gasteiger partial charge in [0, 0.05) is 38.3 Å². The Morgan fingerprint density at radius 1 is 1.08 bits per heavy atom. The average Bonchev–Trinajstić information content (AvgIpc) is 2.90. The molecule has 36 heavy (non-hydrogen) atoms. The molecular weight excluding hydrogens is 587 g/mol. The fourth-order valence-electron chi connectivity index (χ4n) is 4.05. The van der Waals surface area contributed by atoms with E-state index in [0.29, 0.717) is 44.0 Å². The third kappa shape index (κ3) is 6.18. The van der Waals surface area contributed by atoms with Crippen molar-refractivity contribution < 1.29 is 13.2 Å². The third-order valence-electron chi connectivity index (χ3n) is 6.49. The Hall–Kier alpha value is -2.66. The van der Waals surface area contributed by atoms with E-state index in [2.05, 4.69) is 23.2 Å². The summed E-state index contributed by atoms with van der Waals surface area (Å²) in [5, 5.41) is 0. The molecule has 1 amide bonds. The maximum absolute atomic E-state index is 13.3. The first kappa shape index (κ1) is 27.9. The van der Waals surface area contributed by atoms with E-state index >= 15 is 0 Å². The van der Waals surface area contributed by atoms with Crippen LogP contribution in [0.5, 0.6) is 0 Å². The first-order chi connectivity index (χ1) is 17.1. The Balaban J connectivity index is 1.65. The van der Waals surface area contributed by atoms with E-state index in [0.717, 1.165) is 23.2 Å². The lowest BCUT2D eigenvalue weighted by atomic mass is 10.1. The molecule has 1 aliphatic heterocycles. The molecule has 2 aromatic rings. The van der Waals surface area contributed by atoms with Crippen LogP contribution in [0, 0.1) is 6.92 Å². The number of rotatable bonds is 9. The molecule has 0 radical (unpaired) electrons. The lowest BCUT2D eigenvalue weighted by molar-refractivity contribution is -0.132. The molecular formula is C27H33IN4O3S. The van der Waals surface area contributed by atoms with E-state index in [-0.39, 0.29) is 10.8 Å². The van der Waals surface area contributed by atoms with Crippen molar-refractivity contribution in [2.45, 2.75) is 38.5 Å². The van der Waals surface area contributed by atoms with Crippen LogP contribution >= 0.6 is 22.9 Å². The monoisotopic (exact) mass is 620 g/mol. The van der Waals surface area contributed by atoms with Crippen LogP contribution in [0.1, 0.15) is 37.8 Å². The zero-order valence-electron chi connectivity index (χ0n) is 21.1. The summed E-state index contributed by atoms with van der Waals surface area (Å²) >= 11 is 1.80. The van der Waals surface area contributed by atoms with Crippen LogP contribution < -0.4 is 2.52 Å². The summed E-state index contributed by atoms with van der Waals surface area (Å²) in [5.74, 6) is 0.192. The Bertz CT molecular complexity index is 1260. The van der Waals surface area contributed by atoms with Gasteiger partial charge >= 0.3 is 0 Å². The molecule has 0 saturated carbocycles. The summed E-state index contributed by atoms with van der Waals surface area (Å²) in [5.41, 5.74) is 4.63. The molecule has 1 aliphatic rings. The molecule has 0 aliphatic carbocycles. The minimum Gasteiger partial charge on any atom is -0.368 e. The van der Waals surface area contributed by atoms with Gasteiger partial charge in [0.2, 0.25) is 5.91 Å². The number of amides is 1. The van der Waals surface area contributed by atoms with Crippen LogP contribution in [0.25, 0.3) is 5.70 Å². The zero-order chi connectivity index (χ0) is 26.5. The molecule has 7 nitrogen and oxygen atoms in total. The number of sulfonamides is 1. The highest BCUT2D eigenvalue weighted by Gasteiger charge is 2.27. The smallest absolute Gasteiger partial charge is 0.274 e. The highest BCUT2D eigenvalue weighted by atomic mass is 127. The second-order valence-corrected chi connectivity index (χ2v) is 12.2. The molecule has 9 heteroatoms. The number of hydrogen-bond acceptors (Lipinski definition) is 5. The minimum atomic E-state index is -3.82. The van der Waals surface area contributed by atoms with Crippen molar-refractivity contribution in [2.75, 3.05) is 28.7 Å². The van der Waals surface area contributed by atoms with Gasteiger partial charge in [-0.3, -0.25) is 9.79 Å². The number of carbonyl (C=O) groups is 1. The summed E-state index contributed by atoms with van der Waals surface area (Å²) in [6.07, 6.45) is 3.39. The molecule has 1 fully saturated rings. The lowest BCUT2D eigenvalue weighted by Gasteiger charge is -2.37. The minimum absolute atomic E-state index is 0.119. The highest BCUT2D eigenvalue weighted by Crippen LogP contribution is 2.35. The topological polar surface area (TPSA) is 73.3 Å². The van der Waals surface area contributed by atoms with Gasteiger partial charge < -0.3 is 9.80 Å². The maximum atomic E-state index is 13.3. The summed E-state index contributed by atoms with van der Waals surface area (Å²) in [7, 11) is -3.82. The van der Waals surface area contributed by atoms with Crippen LogP contribution in [0.15, 0.2) is 70.6 Å². The Labute approximate surface area is 228 Å². The molecule has 0 N–H and O–H groups in total. The van der Waals surface area contributed by atoms with Gasteiger partial charge in [-0.05, 0) is 63.2 Å².